The van der Waals surface area contributed by atoms with E-state index in [4.69, 9.17) is 0 Å². The van der Waals surface area contributed by atoms with Crippen LogP contribution in [0.15, 0.2) is 12.5 Å². The Bertz CT molecular complexity index is 428. The van der Waals surface area contributed by atoms with E-state index in [1.165, 1.54) is 0 Å². The van der Waals surface area contributed by atoms with E-state index in [0.29, 0.717) is 19.3 Å². The lowest BCUT2D eigenvalue weighted by atomic mass is 9.96. The Balaban J connectivity index is 1.93. The van der Waals surface area contributed by atoms with Gasteiger partial charge in [0.15, 0.2) is 5.78 Å². The van der Waals surface area contributed by atoms with Crippen molar-refractivity contribution in [3.05, 3.63) is 18.2 Å². The van der Waals surface area contributed by atoms with Crippen LogP contribution in [-0.4, -0.2) is 39.1 Å². The van der Waals surface area contributed by atoms with Crippen LogP contribution in [0.2, 0.25) is 0 Å². The van der Waals surface area contributed by atoms with Gasteiger partial charge in [-0.3, -0.25) is 9.59 Å². The quantitative estimate of drug-likeness (QED) is 0.879. The van der Waals surface area contributed by atoms with Gasteiger partial charge in [-0.05, 0) is 25.7 Å². The normalized spacial score (nSPS) is 19.4. The highest BCUT2D eigenvalue weighted by atomic mass is 16.2. The summed E-state index contributed by atoms with van der Waals surface area (Å²) in [6.07, 6.45) is 7.82. The number of aromatic amines is 1. The molecular formula is C14H21N3O2. The Morgan fingerprint density at radius 3 is 3.00 bits per heavy atom. The Morgan fingerprint density at radius 1 is 1.47 bits per heavy atom. The first-order chi connectivity index (χ1) is 9.22. The van der Waals surface area contributed by atoms with E-state index in [0.717, 1.165) is 31.5 Å². The number of aromatic nitrogens is 2. The molecule has 0 radical (unpaired) electrons. The number of piperidine rings is 1. The zero-order valence-corrected chi connectivity index (χ0v) is 11.4. The molecule has 5 heteroatoms. The van der Waals surface area contributed by atoms with Gasteiger partial charge in [0.05, 0.1) is 12.4 Å². The van der Waals surface area contributed by atoms with Gasteiger partial charge in [0.25, 0.3) is 0 Å². The van der Waals surface area contributed by atoms with Crippen molar-refractivity contribution in [3.8, 4) is 0 Å². The minimum atomic E-state index is -0.187. The number of amides is 1. The van der Waals surface area contributed by atoms with Crippen molar-refractivity contribution in [2.75, 3.05) is 6.54 Å². The molecule has 1 fully saturated rings. The van der Waals surface area contributed by atoms with Crippen molar-refractivity contribution in [1.82, 2.24) is 14.9 Å². The molecule has 1 amide bonds. The summed E-state index contributed by atoms with van der Waals surface area (Å²) in [6, 6.07) is -0.187. The van der Waals surface area contributed by atoms with Gasteiger partial charge < -0.3 is 9.88 Å². The molecule has 1 atom stereocenters. The van der Waals surface area contributed by atoms with Crippen LogP contribution < -0.4 is 0 Å². The number of ketones is 1. The molecule has 0 saturated carbocycles. The highest BCUT2D eigenvalue weighted by Crippen LogP contribution is 2.20. The number of rotatable bonds is 5. The molecule has 0 spiro atoms. The molecule has 2 heterocycles. The molecule has 1 saturated heterocycles. The van der Waals surface area contributed by atoms with E-state index in [9.17, 15) is 9.59 Å². The largest absolute Gasteiger partial charge is 0.348 e. The van der Waals surface area contributed by atoms with Crippen LogP contribution in [0.25, 0.3) is 0 Å². The summed E-state index contributed by atoms with van der Waals surface area (Å²) in [5, 5.41) is 0. The standard InChI is InChI=1S/C14H21N3O2/c1-2-13(18)12-5-3-4-8-17(12)14(19)7-6-11-9-15-10-16-11/h9-10,12H,2-8H2,1H3,(H,15,16). The topological polar surface area (TPSA) is 66.1 Å². The number of nitrogens with zero attached hydrogens (tertiary/aromatic N) is 2. The predicted octanol–water partition coefficient (Wildman–Crippen LogP) is 1.70. The van der Waals surface area contributed by atoms with Gasteiger partial charge in [-0.25, -0.2) is 4.98 Å². The second-order valence-corrected chi connectivity index (χ2v) is 5.00. The molecule has 1 aromatic heterocycles. The van der Waals surface area contributed by atoms with Crippen molar-refractivity contribution >= 4 is 11.7 Å². The first-order valence-electron chi connectivity index (χ1n) is 7.01. The van der Waals surface area contributed by atoms with E-state index >= 15 is 0 Å². The van der Waals surface area contributed by atoms with E-state index < -0.39 is 0 Å². The number of hydrogen-bond acceptors (Lipinski definition) is 3. The zero-order valence-electron chi connectivity index (χ0n) is 11.4. The lowest BCUT2D eigenvalue weighted by molar-refractivity contribution is -0.141. The smallest absolute Gasteiger partial charge is 0.223 e. The number of carbonyl (C=O) groups excluding carboxylic acids is 2. The molecular weight excluding hydrogens is 242 g/mol. The van der Waals surface area contributed by atoms with Gasteiger partial charge in [-0.1, -0.05) is 6.92 Å². The van der Waals surface area contributed by atoms with E-state index in [2.05, 4.69) is 9.97 Å². The fraction of sp³-hybridized carbons (Fsp3) is 0.643. The molecule has 1 unspecified atom stereocenters. The molecule has 1 aliphatic heterocycles. The van der Waals surface area contributed by atoms with Gasteiger partial charge in [0.1, 0.15) is 0 Å². The molecule has 104 valence electrons. The fourth-order valence-corrected chi connectivity index (χ4v) is 2.61. The number of hydrogen-bond donors (Lipinski definition) is 1. The van der Waals surface area contributed by atoms with Crippen molar-refractivity contribution in [3.63, 3.8) is 0 Å². The number of Topliss-reactive ketones (excluding diaryl/α,β-unsaturated/α-hetero) is 1. The molecule has 19 heavy (non-hydrogen) atoms. The number of imidazole rings is 1. The van der Waals surface area contributed by atoms with E-state index in [1.807, 2.05) is 6.92 Å². The molecule has 5 nitrogen and oxygen atoms in total. The highest BCUT2D eigenvalue weighted by molar-refractivity contribution is 5.89. The number of H-pyrrole nitrogens is 1. The third-order valence-corrected chi connectivity index (χ3v) is 3.71. The van der Waals surface area contributed by atoms with Crippen LogP contribution in [0.4, 0.5) is 0 Å². The average Bonchev–Trinajstić information content (AvgIpc) is 2.97. The predicted molar refractivity (Wildman–Crippen MR) is 71.6 cm³/mol. The zero-order chi connectivity index (χ0) is 13.7. The summed E-state index contributed by atoms with van der Waals surface area (Å²) < 4.78 is 0. The van der Waals surface area contributed by atoms with E-state index in [-0.39, 0.29) is 17.7 Å². The molecule has 1 aromatic rings. The Hall–Kier alpha value is -1.65. The summed E-state index contributed by atoms with van der Waals surface area (Å²) >= 11 is 0. The third-order valence-electron chi connectivity index (χ3n) is 3.71. The first kappa shape index (κ1) is 13.8. The Labute approximate surface area is 113 Å². The van der Waals surface area contributed by atoms with Gasteiger partial charge >= 0.3 is 0 Å². The molecule has 1 aliphatic rings. The maximum atomic E-state index is 12.3. The lowest BCUT2D eigenvalue weighted by Crippen LogP contribution is -2.47. The Kier molecular flexibility index (Phi) is 4.71. The summed E-state index contributed by atoms with van der Waals surface area (Å²) in [4.78, 5) is 32.9. The Morgan fingerprint density at radius 2 is 2.32 bits per heavy atom. The lowest BCUT2D eigenvalue weighted by Gasteiger charge is -2.34. The van der Waals surface area contributed by atoms with Crippen LogP contribution in [-0.2, 0) is 16.0 Å². The van der Waals surface area contributed by atoms with Crippen LogP contribution >= 0.6 is 0 Å². The molecule has 0 aliphatic carbocycles. The van der Waals surface area contributed by atoms with Crippen molar-refractivity contribution in [1.29, 1.82) is 0 Å². The van der Waals surface area contributed by atoms with E-state index in [1.54, 1.807) is 17.4 Å². The summed E-state index contributed by atoms with van der Waals surface area (Å²) in [6.45, 7) is 2.59. The maximum Gasteiger partial charge on any atom is 0.223 e. The summed E-state index contributed by atoms with van der Waals surface area (Å²) in [7, 11) is 0. The SMILES string of the molecule is CCC(=O)C1CCCCN1C(=O)CCc1cnc[nH]1. The second-order valence-electron chi connectivity index (χ2n) is 5.00. The minimum absolute atomic E-state index is 0.0844. The maximum absolute atomic E-state index is 12.3. The van der Waals surface area contributed by atoms with Crippen molar-refractivity contribution in [2.45, 2.75) is 51.5 Å². The number of aryl methyl sites for hydroxylation is 1. The fourth-order valence-electron chi connectivity index (χ4n) is 2.61. The van der Waals surface area contributed by atoms with Gasteiger partial charge in [0.2, 0.25) is 5.91 Å². The summed E-state index contributed by atoms with van der Waals surface area (Å²) in [5.41, 5.74) is 0.962. The highest BCUT2D eigenvalue weighted by Gasteiger charge is 2.30. The van der Waals surface area contributed by atoms with Gasteiger partial charge in [-0.2, -0.15) is 0 Å². The van der Waals surface area contributed by atoms with Crippen LogP contribution in [0.3, 0.4) is 0 Å². The average molecular weight is 263 g/mol. The number of nitrogens with one attached hydrogen (secondary N) is 1. The molecule has 1 N–H and O–H groups in total. The van der Waals surface area contributed by atoms with Gasteiger partial charge in [0, 0.05) is 31.3 Å². The number of likely N-dealkylation sites (tertiary alicyclic amines) is 1. The summed E-state index contributed by atoms with van der Waals surface area (Å²) in [5.74, 6) is 0.274. The third kappa shape index (κ3) is 3.43. The van der Waals surface area contributed by atoms with Crippen LogP contribution in [0.1, 0.15) is 44.7 Å². The van der Waals surface area contributed by atoms with Crippen LogP contribution in [0.5, 0.6) is 0 Å². The van der Waals surface area contributed by atoms with Gasteiger partial charge in [-0.15, -0.1) is 0 Å². The first-order valence-corrected chi connectivity index (χ1v) is 7.01. The molecule has 0 aromatic carbocycles. The van der Waals surface area contributed by atoms with Crippen molar-refractivity contribution < 1.29 is 9.59 Å². The molecule has 2 rings (SSSR count). The van der Waals surface area contributed by atoms with Crippen molar-refractivity contribution in [2.24, 2.45) is 0 Å². The van der Waals surface area contributed by atoms with Crippen LogP contribution in [0, 0.1) is 0 Å². The molecule has 0 bridgehead atoms. The monoisotopic (exact) mass is 263 g/mol. The number of carbonyl (C=O) groups is 2. The minimum Gasteiger partial charge on any atom is -0.348 e. The second kappa shape index (κ2) is 6.50.